The number of nitrogens with one attached hydrogen (secondary N) is 1. The highest BCUT2D eigenvalue weighted by atomic mass is 35.5. The first kappa shape index (κ1) is 14.9. The fraction of sp³-hybridized carbons (Fsp3) is 0.467. The van der Waals surface area contributed by atoms with E-state index in [4.69, 9.17) is 11.6 Å². The molecule has 1 aromatic rings. The molecule has 0 spiro atoms. The maximum atomic E-state index is 12.1. The molecule has 1 fully saturated rings. The zero-order chi connectivity index (χ0) is 14.7. The maximum absolute atomic E-state index is 12.1. The van der Waals surface area contributed by atoms with Crippen LogP contribution in [0.5, 0.6) is 0 Å². The van der Waals surface area contributed by atoms with Crippen molar-refractivity contribution in [2.45, 2.75) is 32.9 Å². The minimum atomic E-state index is -0.246. The van der Waals surface area contributed by atoms with Gasteiger partial charge in [-0.15, -0.1) is 0 Å². The molecule has 1 aliphatic rings. The van der Waals surface area contributed by atoms with E-state index in [1.807, 2.05) is 32.0 Å². The summed E-state index contributed by atoms with van der Waals surface area (Å²) < 4.78 is 0. The van der Waals surface area contributed by atoms with Gasteiger partial charge in [0.2, 0.25) is 11.8 Å². The summed E-state index contributed by atoms with van der Waals surface area (Å²) in [6.45, 7) is 4.87. The van der Waals surface area contributed by atoms with Gasteiger partial charge in [-0.05, 0) is 31.5 Å². The Hall–Kier alpha value is -1.55. The zero-order valence-corrected chi connectivity index (χ0v) is 12.5. The monoisotopic (exact) mass is 294 g/mol. The fourth-order valence-corrected chi connectivity index (χ4v) is 2.60. The standard InChI is InChI=1S/C15H19ClN2O2/c1-10(2)18-9-12(7-14(18)19)15(20)17-8-11-4-3-5-13(16)6-11/h3-6,10,12H,7-9H2,1-2H3,(H,17,20). The first-order valence-electron chi connectivity index (χ1n) is 6.79. The molecule has 1 saturated heterocycles. The number of likely N-dealkylation sites (tertiary alicyclic amines) is 1. The normalized spacial score (nSPS) is 18.7. The third-order valence-electron chi connectivity index (χ3n) is 3.51. The highest BCUT2D eigenvalue weighted by Crippen LogP contribution is 2.20. The number of carbonyl (C=O) groups is 2. The van der Waals surface area contributed by atoms with Gasteiger partial charge in [0.15, 0.2) is 0 Å². The van der Waals surface area contributed by atoms with E-state index in [0.29, 0.717) is 24.5 Å². The summed E-state index contributed by atoms with van der Waals surface area (Å²) >= 11 is 5.90. The molecule has 108 valence electrons. The number of nitrogens with zero attached hydrogens (tertiary/aromatic N) is 1. The third-order valence-corrected chi connectivity index (χ3v) is 3.74. The minimum absolute atomic E-state index is 0.0582. The molecular weight excluding hydrogens is 276 g/mol. The van der Waals surface area contributed by atoms with E-state index >= 15 is 0 Å². The summed E-state index contributed by atoms with van der Waals surface area (Å²) in [6, 6.07) is 7.52. The summed E-state index contributed by atoms with van der Waals surface area (Å²) in [5.74, 6) is -0.256. The summed E-state index contributed by atoms with van der Waals surface area (Å²) in [6.07, 6.45) is 0.305. The van der Waals surface area contributed by atoms with Crippen molar-refractivity contribution >= 4 is 23.4 Å². The number of rotatable bonds is 4. The van der Waals surface area contributed by atoms with Gasteiger partial charge in [0.1, 0.15) is 0 Å². The van der Waals surface area contributed by atoms with Crippen molar-refractivity contribution in [3.63, 3.8) is 0 Å². The van der Waals surface area contributed by atoms with E-state index in [-0.39, 0.29) is 23.8 Å². The van der Waals surface area contributed by atoms with Gasteiger partial charge in [0.05, 0.1) is 5.92 Å². The number of amides is 2. The topological polar surface area (TPSA) is 49.4 Å². The van der Waals surface area contributed by atoms with Crippen LogP contribution in [-0.2, 0) is 16.1 Å². The lowest BCUT2D eigenvalue weighted by Gasteiger charge is -2.20. The number of halogens is 1. The van der Waals surface area contributed by atoms with Gasteiger partial charge in [0.25, 0.3) is 0 Å². The lowest BCUT2D eigenvalue weighted by atomic mass is 10.1. The molecule has 1 heterocycles. The Labute approximate surface area is 124 Å². The van der Waals surface area contributed by atoms with E-state index in [2.05, 4.69) is 5.32 Å². The van der Waals surface area contributed by atoms with Gasteiger partial charge in [-0.25, -0.2) is 0 Å². The Morgan fingerprint density at radius 2 is 2.25 bits per heavy atom. The summed E-state index contributed by atoms with van der Waals surface area (Å²) in [5, 5.41) is 3.52. The summed E-state index contributed by atoms with van der Waals surface area (Å²) in [4.78, 5) is 25.6. The van der Waals surface area contributed by atoms with Gasteiger partial charge >= 0.3 is 0 Å². The zero-order valence-electron chi connectivity index (χ0n) is 11.7. The van der Waals surface area contributed by atoms with Gasteiger partial charge < -0.3 is 10.2 Å². The summed E-state index contributed by atoms with van der Waals surface area (Å²) in [7, 11) is 0. The highest BCUT2D eigenvalue weighted by Gasteiger charge is 2.35. The van der Waals surface area contributed by atoms with Crippen LogP contribution in [-0.4, -0.2) is 29.3 Å². The average Bonchev–Trinajstić information content (AvgIpc) is 2.78. The Kier molecular flexibility index (Phi) is 4.65. The van der Waals surface area contributed by atoms with Crippen molar-refractivity contribution in [2.75, 3.05) is 6.54 Å². The lowest BCUT2D eigenvalue weighted by molar-refractivity contribution is -0.129. The molecule has 1 atom stereocenters. The van der Waals surface area contributed by atoms with Gasteiger partial charge in [0, 0.05) is 30.6 Å². The van der Waals surface area contributed by atoms with Crippen LogP contribution in [0, 0.1) is 5.92 Å². The molecule has 2 amide bonds. The van der Waals surface area contributed by atoms with Crippen LogP contribution in [0.2, 0.25) is 5.02 Å². The number of hydrogen-bond donors (Lipinski definition) is 1. The SMILES string of the molecule is CC(C)N1CC(C(=O)NCc2cccc(Cl)c2)CC1=O. The van der Waals surface area contributed by atoms with Crippen molar-refractivity contribution in [3.05, 3.63) is 34.9 Å². The molecule has 1 N–H and O–H groups in total. The molecule has 5 heteroatoms. The van der Waals surface area contributed by atoms with E-state index in [0.717, 1.165) is 5.56 Å². The van der Waals surface area contributed by atoms with Crippen LogP contribution in [0.4, 0.5) is 0 Å². The van der Waals surface area contributed by atoms with Crippen LogP contribution in [0.1, 0.15) is 25.8 Å². The number of hydrogen-bond acceptors (Lipinski definition) is 2. The molecule has 1 aromatic carbocycles. The van der Waals surface area contributed by atoms with Crippen LogP contribution in [0.3, 0.4) is 0 Å². The molecule has 0 radical (unpaired) electrons. The predicted molar refractivity (Wildman–Crippen MR) is 78.3 cm³/mol. The smallest absolute Gasteiger partial charge is 0.225 e. The number of carbonyl (C=O) groups excluding carboxylic acids is 2. The average molecular weight is 295 g/mol. The van der Waals surface area contributed by atoms with E-state index < -0.39 is 0 Å². The van der Waals surface area contributed by atoms with Crippen LogP contribution >= 0.6 is 11.6 Å². The molecule has 0 bridgehead atoms. The van der Waals surface area contributed by atoms with Crippen molar-refractivity contribution < 1.29 is 9.59 Å². The Morgan fingerprint density at radius 3 is 2.85 bits per heavy atom. The molecular formula is C15H19ClN2O2. The van der Waals surface area contributed by atoms with E-state index in [1.54, 1.807) is 11.0 Å². The molecule has 0 saturated carbocycles. The van der Waals surface area contributed by atoms with Crippen molar-refractivity contribution in [1.82, 2.24) is 10.2 Å². The van der Waals surface area contributed by atoms with Crippen LogP contribution in [0.25, 0.3) is 0 Å². The molecule has 0 aromatic heterocycles. The number of benzene rings is 1. The van der Waals surface area contributed by atoms with Gasteiger partial charge in [-0.2, -0.15) is 0 Å². The van der Waals surface area contributed by atoms with Crippen LogP contribution in [0.15, 0.2) is 24.3 Å². The molecule has 20 heavy (non-hydrogen) atoms. The minimum Gasteiger partial charge on any atom is -0.352 e. The first-order chi connectivity index (χ1) is 9.47. The second kappa shape index (κ2) is 6.27. The Bertz CT molecular complexity index is 516. The van der Waals surface area contributed by atoms with Gasteiger partial charge in [-0.1, -0.05) is 23.7 Å². The highest BCUT2D eigenvalue weighted by molar-refractivity contribution is 6.30. The van der Waals surface area contributed by atoms with E-state index in [1.165, 1.54) is 0 Å². The predicted octanol–water partition coefficient (Wildman–Crippen LogP) is 2.21. The van der Waals surface area contributed by atoms with Crippen molar-refractivity contribution in [1.29, 1.82) is 0 Å². The molecule has 4 nitrogen and oxygen atoms in total. The van der Waals surface area contributed by atoms with Gasteiger partial charge in [-0.3, -0.25) is 9.59 Å². The summed E-state index contributed by atoms with van der Waals surface area (Å²) in [5.41, 5.74) is 0.955. The van der Waals surface area contributed by atoms with Crippen molar-refractivity contribution in [3.8, 4) is 0 Å². The van der Waals surface area contributed by atoms with E-state index in [9.17, 15) is 9.59 Å². The fourth-order valence-electron chi connectivity index (χ4n) is 2.39. The molecule has 0 aliphatic carbocycles. The maximum Gasteiger partial charge on any atom is 0.225 e. The largest absolute Gasteiger partial charge is 0.352 e. The molecule has 2 rings (SSSR count). The Balaban J connectivity index is 1.89. The third kappa shape index (κ3) is 3.51. The van der Waals surface area contributed by atoms with Crippen LogP contribution < -0.4 is 5.32 Å². The molecule has 1 unspecified atom stereocenters. The first-order valence-corrected chi connectivity index (χ1v) is 7.17. The second-order valence-corrected chi connectivity index (χ2v) is 5.83. The molecule has 1 aliphatic heterocycles. The van der Waals surface area contributed by atoms with Crippen molar-refractivity contribution in [2.24, 2.45) is 5.92 Å². The quantitative estimate of drug-likeness (QED) is 0.925. The Morgan fingerprint density at radius 1 is 1.50 bits per heavy atom. The lowest BCUT2D eigenvalue weighted by Crippen LogP contribution is -2.35. The second-order valence-electron chi connectivity index (χ2n) is 5.39.